The van der Waals surface area contributed by atoms with Crippen molar-refractivity contribution in [3.05, 3.63) is 35.9 Å². The van der Waals surface area contributed by atoms with Gasteiger partial charge in [-0.1, -0.05) is 75.8 Å². The lowest BCUT2D eigenvalue weighted by molar-refractivity contribution is -0.148. The number of carbonyl (C=O) groups excluding carboxylic acids is 2. The van der Waals surface area contributed by atoms with Gasteiger partial charge < -0.3 is 9.47 Å². The van der Waals surface area contributed by atoms with E-state index in [0.717, 1.165) is 24.8 Å². The number of hydrogen-bond acceptors (Lipinski definition) is 4. The summed E-state index contributed by atoms with van der Waals surface area (Å²) < 4.78 is 10.8. The predicted octanol–water partition coefficient (Wildman–Crippen LogP) is 5.08. The third-order valence-electron chi connectivity index (χ3n) is 4.96. The Morgan fingerprint density at radius 2 is 1.70 bits per heavy atom. The van der Waals surface area contributed by atoms with Crippen LogP contribution in [0.2, 0.25) is 0 Å². The number of hydrogen-bond donors (Lipinski definition) is 0. The van der Waals surface area contributed by atoms with Gasteiger partial charge >= 0.3 is 12.1 Å². The van der Waals surface area contributed by atoms with Crippen LogP contribution in [0.1, 0.15) is 70.3 Å². The van der Waals surface area contributed by atoms with Crippen molar-refractivity contribution in [1.82, 2.24) is 4.90 Å². The molecular weight excluding hydrogens is 342 g/mol. The van der Waals surface area contributed by atoms with Gasteiger partial charge in [0, 0.05) is 6.54 Å². The predicted molar refractivity (Wildman–Crippen MR) is 105 cm³/mol. The molecule has 0 aromatic heterocycles. The first kappa shape index (κ1) is 21.3. The number of benzene rings is 1. The second-order valence-electron chi connectivity index (χ2n) is 7.18. The summed E-state index contributed by atoms with van der Waals surface area (Å²) in [6.45, 7) is 3.42. The molecule has 27 heavy (non-hydrogen) atoms. The molecule has 1 aliphatic rings. The van der Waals surface area contributed by atoms with E-state index in [4.69, 9.17) is 9.47 Å². The van der Waals surface area contributed by atoms with Crippen molar-refractivity contribution < 1.29 is 19.1 Å². The summed E-state index contributed by atoms with van der Waals surface area (Å²) in [7, 11) is 0. The minimum Gasteiger partial charge on any atom is -0.464 e. The van der Waals surface area contributed by atoms with Crippen molar-refractivity contribution in [2.75, 3.05) is 13.2 Å². The molecule has 2 rings (SSSR count). The summed E-state index contributed by atoms with van der Waals surface area (Å²) in [5.41, 5.74) is 0.933. The average molecular weight is 376 g/mol. The number of amides is 1. The molecule has 0 bridgehead atoms. The fourth-order valence-corrected chi connectivity index (χ4v) is 3.36. The van der Waals surface area contributed by atoms with Crippen molar-refractivity contribution >= 4 is 12.1 Å². The third-order valence-corrected chi connectivity index (χ3v) is 4.96. The van der Waals surface area contributed by atoms with Crippen LogP contribution < -0.4 is 0 Å². The topological polar surface area (TPSA) is 55.8 Å². The van der Waals surface area contributed by atoms with Gasteiger partial charge in [0.2, 0.25) is 0 Å². The highest BCUT2D eigenvalue weighted by Gasteiger charge is 2.36. The van der Waals surface area contributed by atoms with Crippen LogP contribution >= 0.6 is 0 Å². The Kier molecular flexibility index (Phi) is 9.74. The van der Waals surface area contributed by atoms with Crippen LogP contribution in [0.5, 0.6) is 0 Å². The van der Waals surface area contributed by atoms with Gasteiger partial charge in [0.15, 0.2) is 0 Å². The highest BCUT2D eigenvalue weighted by Crippen LogP contribution is 2.20. The van der Waals surface area contributed by atoms with E-state index in [-0.39, 0.29) is 12.6 Å². The summed E-state index contributed by atoms with van der Waals surface area (Å²) in [6, 6.07) is 9.05. The van der Waals surface area contributed by atoms with Crippen LogP contribution in [0, 0.1) is 0 Å². The van der Waals surface area contributed by atoms with Gasteiger partial charge in [-0.2, -0.15) is 0 Å². The lowest BCUT2D eigenvalue weighted by atomic mass is 10.1. The van der Waals surface area contributed by atoms with Gasteiger partial charge in [-0.15, -0.1) is 0 Å². The SMILES string of the molecule is CCCCCCCCCOC(=O)C1CCCN1C(=O)OCc1ccccc1. The molecule has 0 aliphatic carbocycles. The quantitative estimate of drug-likeness (QED) is 0.400. The molecule has 0 N–H and O–H groups in total. The van der Waals surface area contributed by atoms with Gasteiger partial charge in [0.25, 0.3) is 0 Å². The molecular formula is C22H33NO4. The highest BCUT2D eigenvalue weighted by molar-refractivity contribution is 5.82. The molecule has 5 heteroatoms. The van der Waals surface area contributed by atoms with Crippen molar-refractivity contribution in [2.45, 2.75) is 77.4 Å². The van der Waals surface area contributed by atoms with E-state index >= 15 is 0 Å². The third kappa shape index (κ3) is 7.61. The lowest BCUT2D eigenvalue weighted by Crippen LogP contribution is -2.41. The van der Waals surface area contributed by atoms with Crippen LogP contribution in [0.4, 0.5) is 4.79 Å². The zero-order valence-corrected chi connectivity index (χ0v) is 16.5. The minimum absolute atomic E-state index is 0.218. The number of nitrogens with zero attached hydrogens (tertiary/aromatic N) is 1. The smallest absolute Gasteiger partial charge is 0.410 e. The maximum Gasteiger partial charge on any atom is 0.410 e. The summed E-state index contributed by atoms with van der Waals surface area (Å²) in [4.78, 5) is 26.2. The molecule has 150 valence electrons. The number of esters is 1. The molecule has 1 aromatic carbocycles. The maximum absolute atomic E-state index is 12.3. The number of likely N-dealkylation sites (tertiary alicyclic amines) is 1. The van der Waals surface area contributed by atoms with Crippen molar-refractivity contribution in [3.63, 3.8) is 0 Å². The molecule has 0 saturated carbocycles. The Morgan fingerprint density at radius 1 is 1.00 bits per heavy atom. The molecule has 1 amide bonds. The normalized spacial score (nSPS) is 16.3. The number of ether oxygens (including phenoxy) is 2. The molecule has 0 spiro atoms. The van der Waals surface area contributed by atoms with Crippen LogP contribution in [0.25, 0.3) is 0 Å². The first-order chi connectivity index (χ1) is 13.2. The summed E-state index contributed by atoms with van der Waals surface area (Å²) in [5, 5.41) is 0. The molecule has 1 aliphatic heterocycles. The zero-order chi connectivity index (χ0) is 19.3. The highest BCUT2D eigenvalue weighted by atomic mass is 16.6. The van der Waals surface area contributed by atoms with Crippen LogP contribution in [-0.2, 0) is 20.9 Å². The zero-order valence-electron chi connectivity index (χ0n) is 16.5. The summed E-state index contributed by atoms with van der Waals surface area (Å²) in [6.07, 6.45) is 9.29. The monoisotopic (exact) mass is 375 g/mol. The molecule has 1 saturated heterocycles. The Bertz CT molecular complexity index is 561. The van der Waals surface area contributed by atoms with E-state index < -0.39 is 12.1 Å². The fraction of sp³-hybridized carbons (Fsp3) is 0.636. The van der Waals surface area contributed by atoms with E-state index in [2.05, 4.69) is 6.92 Å². The molecule has 1 atom stereocenters. The van der Waals surface area contributed by atoms with E-state index in [1.165, 1.54) is 37.0 Å². The Labute approximate surface area is 163 Å². The molecule has 1 unspecified atom stereocenters. The molecule has 1 aromatic rings. The van der Waals surface area contributed by atoms with Crippen LogP contribution in [-0.4, -0.2) is 36.2 Å². The van der Waals surface area contributed by atoms with Gasteiger partial charge in [0.05, 0.1) is 6.61 Å². The Hall–Kier alpha value is -2.04. The largest absolute Gasteiger partial charge is 0.464 e. The van der Waals surface area contributed by atoms with Crippen molar-refractivity contribution in [3.8, 4) is 0 Å². The van der Waals surface area contributed by atoms with E-state index in [1.54, 1.807) is 0 Å². The second kappa shape index (κ2) is 12.4. The minimum atomic E-state index is -0.502. The van der Waals surface area contributed by atoms with E-state index in [1.807, 2.05) is 30.3 Å². The second-order valence-corrected chi connectivity index (χ2v) is 7.18. The first-order valence-corrected chi connectivity index (χ1v) is 10.4. The van der Waals surface area contributed by atoms with E-state index in [0.29, 0.717) is 19.6 Å². The van der Waals surface area contributed by atoms with Gasteiger partial charge in [-0.05, 0) is 24.8 Å². The fourth-order valence-electron chi connectivity index (χ4n) is 3.36. The standard InChI is InChI=1S/C22H33NO4/c1-2-3-4-5-6-7-11-17-26-21(24)20-15-12-16-23(20)22(25)27-18-19-13-9-8-10-14-19/h8-10,13-14,20H,2-7,11-12,15-18H2,1H3. The average Bonchev–Trinajstić information content (AvgIpc) is 3.19. The Balaban J connectivity index is 1.65. The molecule has 5 nitrogen and oxygen atoms in total. The van der Waals surface area contributed by atoms with Gasteiger partial charge in [-0.25, -0.2) is 9.59 Å². The molecule has 0 radical (unpaired) electrons. The van der Waals surface area contributed by atoms with E-state index in [9.17, 15) is 9.59 Å². The summed E-state index contributed by atoms with van der Waals surface area (Å²) in [5.74, 6) is -0.296. The van der Waals surface area contributed by atoms with Gasteiger partial charge in [-0.3, -0.25) is 4.90 Å². The molecule has 1 heterocycles. The first-order valence-electron chi connectivity index (χ1n) is 10.4. The Morgan fingerprint density at radius 3 is 2.44 bits per heavy atom. The van der Waals surface area contributed by atoms with Crippen LogP contribution in [0.3, 0.4) is 0 Å². The van der Waals surface area contributed by atoms with Crippen molar-refractivity contribution in [1.29, 1.82) is 0 Å². The number of rotatable bonds is 11. The van der Waals surface area contributed by atoms with Gasteiger partial charge in [0.1, 0.15) is 12.6 Å². The van der Waals surface area contributed by atoms with Crippen molar-refractivity contribution in [2.24, 2.45) is 0 Å². The number of carbonyl (C=O) groups is 2. The lowest BCUT2D eigenvalue weighted by Gasteiger charge is -2.22. The number of unbranched alkanes of at least 4 members (excludes halogenated alkanes) is 6. The summed E-state index contributed by atoms with van der Waals surface area (Å²) >= 11 is 0. The maximum atomic E-state index is 12.3. The molecule has 1 fully saturated rings. The van der Waals surface area contributed by atoms with Crippen LogP contribution in [0.15, 0.2) is 30.3 Å².